The number of rotatable bonds is 5. The number of benzene rings is 1. The normalized spacial score (nSPS) is 14.9. The molecule has 0 bridgehead atoms. The minimum absolute atomic E-state index is 0.767. The molecule has 0 aliphatic rings. The fraction of sp³-hybridized carbons (Fsp3) is 0.417. The lowest BCUT2D eigenvalue weighted by atomic mass is 10.1. The van der Waals surface area contributed by atoms with Crippen LogP contribution in [0.25, 0.3) is 0 Å². The van der Waals surface area contributed by atoms with Gasteiger partial charge in [-0.15, -0.1) is 0 Å². The van der Waals surface area contributed by atoms with E-state index in [4.69, 9.17) is 25.5 Å². The van der Waals surface area contributed by atoms with Crippen LogP contribution in [0.4, 0.5) is 0 Å². The topological polar surface area (TPSA) is 118 Å². The van der Waals surface area contributed by atoms with Crippen molar-refractivity contribution >= 4 is 5.78 Å². The maximum atomic E-state index is 10.5. The highest BCUT2D eigenvalue weighted by molar-refractivity contribution is 5.84. The van der Waals surface area contributed by atoms with Gasteiger partial charge in [0.15, 0.2) is 5.78 Å². The van der Waals surface area contributed by atoms with Gasteiger partial charge in [-0.1, -0.05) is 36.4 Å². The Hall–Kier alpha value is -1.31. The third-order valence-corrected chi connectivity index (χ3v) is 2.06. The van der Waals surface area contributed by atoms with Gasteiger partial charge in [-0.05, 0) is 0 Å². The molecule has 3 unspecified atom stereocenters. The number of carbonyl (C=O) groups is 1. The van der Waals surface area contributed by atoms with Crippen molar-refractivity contribution in [2.75, 3.05) is 13.2 Å². The van der Waals surface area contributed by atoms with Crippen molar-refractivity contribution in [1.29, 1.82) is 0 Å². The van der Waals surface area contributed by atoms with Gasteiger partial charge in [-0.2, -0.15) is 0 Å². The SMILES string of the molecule is O=C(CO)C(O)C(O)C(O)CO.c1ccccc1. The molecular formula is C12H18O6. The fourth-order valence-corrected chi connectivity index (χ4v) is 0.987. The number of carbonyl (C=O) groups excluding carboxylic acids is 1. The average molecular weight is 258 g/mol. The van der Waals surface area contributed by atoms with Gasteiger partial charge in [0.25, 0.3) is 0 Å². The van der Waals surface area contributed by atoms with Gasteiger partial charge < -0.3 is 25.5 Å². The van der Waals surface area contributed by atoms with Gasteiger partial charge in [-0.3, -0.25) is 4.79 Å². The molecular weight excluding hydrogens is 240 g/mol. The molecule has 0 fully saturated rings. The van der Waals surface area contributed by atoms with E-state index in [1.54, 1.807) is 0 Å². The third-order valence-electron chi connectivity index (χ3n) is 2.06. The number of hydrogen-bond donors (Lipinski definition) is 5. The maximum Gasteiger partial charge on any atom is 0.189 e. The van der Waals surface area contributed by atoms with Gasteiger partial charge in [-0.25, -0.2) is 0 Å². The fourth-order valence-electron chi connectivity index (χ4n) is 0.987. The van der Waals surface area contributed by atoms with Crippen molar-refractivity contribution in [3.63, 3.8) is 0 Å². The van der Waals surface area contributed by atoms with Crippen LogP contribution in [0.2, 0.25) is 0 Å². The van der Waals surface area contributed by atoms with Crippen LogP contribution >= 0.6 is 0 Å². The molecule has 1 aromatic rings. The van der Waals surface area contributed by atoms with E-state index in [1.807, 2.05) is 36.4 Å². The second kappa shape index (κ2) is 9.69. The number of hydrogen-bond acceptors (Lipinski definition) is 6. The lowest BCUT2D eigenvalue weighted by Crippen LogP contribution is -2.44. The first kappa shape index (κ1) is 16.7. The lowest BCUT2D eigenvalue weighted by molar-refractivity contribution is -0.142. The van der Waals surface area contributed by atoms with Crippen molar-refractivity contribution in [2.45, 2.75) is 18.3 Å². The largest absolute Gasteiger partial charge is 0.394 e. The molecule has 6 nitrogen and oxygen atoms in total. The van der Waals surface area contributed by atoms with Gasteiger partial charge >= 0.3 is 0 Å². The summed E-state index contributed by atoms with van der Waals surface area (Å²) in [7, 11) is 0. The molecule has 0 aliphatic heterocycles. The summed E-state index contributed by atoms with van der Waals surface area (Å²) in [4.78, 5) is 10.5. The molecule has 3 atom stereocenters. The average Bonchev–Trinajstić information content (AvgIpc) is 2.46. The zero-order chi connectivity index (χ0) is 14.0. The van der Waals surface area contributed by atoms with E-state index in [9.17, 15) is 4.79 Å². The van der Waals surface area contributed by atoms with E-state index in [-0.39, 0.29) is 0 Å². The van der Waals surface area contributed by atoms with E-state index >= 15 is 0 Å². The van der Waals surface area contributed by atoms with E-state index in [0.29, 0.717) is 0 Å². The zero-order valence-electron chi connectivity index (χ0n) is 9.75. The van der Waals surface area contributed by atoms with E-state index < -0.39 is 37.3 Å². The molecule has 0 heterocycles. The minimum atomic E-state index is -1.86. The van der Waals surface area contributed by atoms with Gasteiger partial charge in [0, 0.05) is 0 Å². The molecule has 1 rings (SSSR count). The van der Waals surface area contributed by atoms with Crippen molar-refractivity contribution in [3.8, 4) is 0 Å². The second-order valence-electron chi connectivity index (χ2n) is 3.46. The van der Waals surface area contributed by atoms with Crippen LogP contribution in [-0.4, -0.2) is 62.8 Å². The molecule has 0 saturated carbocycles. The molecule has 6 heteroatoms. The first-order chi connectivity index (χ1) is 8.54. The van der Waals surface area contributed by atoms with Crippen LogP contribution < -0.4 is 0 Å². The first-order valence-corrected chi connectivity index (χ1v) is 5.33. The molecule has 1 aromatic carbocycles. The quantitative estimate of drug-likeness (QED) is 0.430. The highest BCUT2D eigenvalue weighted by Gasteiger charge is 2.28. The maximum absolute atomic E-state index is 10.5. The smallest absolute Gasteiger partial charge is 0.189 e. The van der Waals surface area contributed by atoms with Gasteiger partial charge in [0.1, 0.15) is 24.9 Å². The Morgan fingerprint density at radius 1 is 0.889 bits per heavy atom. The van der Waals surface area contributed by atoms with Crippen molar-refractivity contribution in [1.82, 2.24) is 0 Å². The van der Waals surface area contributed by atoms with E-state index in [2.05, 4.69) is 0 Å². The Labute approximate surface area is 105 Å². The Bertz CT molecular complexity index is 289. The van der Waals surface area contributed by atoms with Crippen LogP contribution in [-0.2, 0) is 4.79 Å². The highest BCUT2D eigenvalue weighted by atomic mass is 16.4. The van der Waals surface area contributed by atoms with Crippen LogP contribution in [0, 0.1) is 0 Å². The molecule has 0 spiro atoms. The summed E-state index contributed by atoms with van der Waals surface area (Å²) in [5.74, 6) is -1.00. The molecule has 0 aliphatic carbocycles. The number of aliphatic hydroxyl groups is 5. The molecule has 0 saturated heterocycles. The van der Waals surface area contributed by atoms with Gasteiger partial charge in [0.2, 0.25) is 0 Å². The minimum Gasteiger partial charge on any atom is -0.394 e. The second-order valence-corrected chi connectivity index (χ2v) is 3.46. The van der Waals surface area contributed by atoms with Crippen LogP contribution in [0.5, 0.6) is 0 Å². The number of ketones is 1. The Morgan fingerprint density at radius 2 is 1.28 bits per heavy atom. The standard InChI is InChI=1S/C6H12O6.C6H6/c7-1-3(9)5(11)6(12)4(10)2-8;1-2-4-6-5-3-1/h3,5-9,11-12H,1-2H2;1-6H. The third kappa shape index (κ3) is 6.43. The van der Waals surface area contributed by atoms with Crippen molar-refractivity contribution in [3.05, 3.63) is 36.4 Å². The summed E-state index contributed by atoms with van der Waals surface area (Å²) in [6.45, 7) is -1.69. The summed E-state index contributed by atoms with van der Waals surface area (Å²) in [6.07, 6.45) is -5.22. The first-order valence-electron chi connectivity index (χ1n) is 5.33. The summed E-state index contributed by atoms with van der Waals surface area (Å²) < 4.78 is 0. The van der Waals surface area contributed by atoms with Crippen LogP contribution in [0.1, 0.15) is 0 Å². The molecule has 102 valence electrons. The monoisotopic (exact) mass is 258 g/mol. The molecule has 18 heavy (non-hydrogen) atoms. The Kier molecular flexibility index (Phi) is 8.99. The Balaban J connectivity index is 0.000000397. The van der Waals surface area contributed by atoms with Crippen LogP contribution in [0.3, 0.4) is 0 Å². The molecule has 0 radical (unpaired) electrons. The molecule has 5 N–H and O–H groups in total. The molecule has 0 amide bonds. The lowest BCUT2D eigenvalue weighted by Gasteiger charge is -2.19. The predicted molar refractivity (Wildman–Crippen MR) is 63.6 cm³/mol. The predicted octanol–water partition coefficient (Wildman–Crippen LogP) is -1.69. The number of aliphatic hydroxyl groups excluding tert-OH is 5. The summed E-state index contributed by atoms with van der Waals surface area (Å²) in [6, 6.07) is 12.0. The molecule has 0 aromatic heterocycles. The van der Waals surface area contributed by atoms with Crippen LogP contribution in [0.15, 0.2) is 36.4 Å². The van der Waals surface area contributed by atoms with Crippen molar-refractivity contribution in [2.24, 2.45) is 0 Å². The van der Waals surface area contributed by atoms with Crippen molar-refractivity contribution < 1.29 is 30.3 Å². The summed E-state index contributed by atoms with van der Waals surface area (Å²) >= 11 is 0. The highest BCUT2D eigenvalue weighted by Crippen LogP contribution is 2.00. The van der Waals surface area contributed by atoms with Gasteiger partial charge in [0.05, 0.1) is 6.61 Å². The Morgan fingerprint density at radius 3 is 1.56 bits per heavy atom. The summed E-state index contributed by atoms with van der Waals surface area (Å²) in [5.41, 5.74) is 0. The number of Topliss-reactive ketones (excluding diaryl/α,β-unsaturated/α-hetero) is 1. The van der Waals surface area contributed by atoms with E-state index in [1.165, 1.54) is 0 Å². The summed E-state index contributed by atoms with van der Waals surface area (Å²) in [5, 5.41) is 43.1. The zero-order valence-corrected chi connectivity index (χ0v) is 9.75. The van der Waals surface area contributed by atoms with E-state index in [0.717, 1.165) is 0 Å².